The Morgan fingerprint density at radius 1 is 1.00 bits per heavy atom. The number of hydrogen-bond acceptors (Lipinski definition) is 5. The molecule has 1 saturated heterocycles. The van der Waals surface area contributed by atoms with E-state index in [0.29, 0.717) is 22.4 Å². The van der Waals surface area contributed by atoms with E-state index in [2.05, 4.69) is 0 Å². The van der Waals surface area contributed by atoms with Gasteiger partial charge in [-0.1, -0.05) is 72.0 Å². The van der Waals surface area contributed by atoms with Crippen molar-refractivity contribution >= 4 is 40.3 Å². The quantitative estimate of drug-likeness (QED) is 0.205. The minimum absolute atomic E-state index is 0.0873. The Kier molecular flexibility index (Phi) is 7.02. The summed E-state index contributed by atoms with van der Waals surface area (Å²) >= 11 is 6.90. The first-order valence-corrected chi connectivity index (χ1v) is 12.9. The van der Waals surface area contributed by atoms with Crippen LogP contribution in [0.5, 0.6) is 5.75 Å². The predicted octanol–water partition coefficient (Wildman–Crippen LogP) is 6.65. The van der Waals surface area contributed by atoms with E-state index in [-0.39, 0.29) is 5.91 Å². The molecule has 0 aliphatic carbocycles. The summed E-state index contributed by atoms with van der Waals surface area (Å²) in [7, 11) is 0. The van der Waals surface area contributed by atoms with Gasteiger partial charge >= 0.3 is 0 Å². The molecular weight excluding hydrogens is 486 g/mol. The number of aryl methyl sites for hydroxylation is 1. The molecule has 0 radical (unpaired) electrons. The first kappa shape index (κ1) is 24.0. The fraction of sp³-hybridized carbons (Fsp3) is 0.138. The molecule has 0 spiro atoms. The molecule has 0 atom stereocenters. The number of para-hydroxylation sites is 1. The lowest BCUT2D eigenvalue weighted by molar-refractivity contribution is -0.122. The highest BCUT2D eigenvalue weighted by atomic mass is 32.2. The zero-order chi connectivity index (χ0) is 25.1. The molecule has 2 heterocycles. The van der Waals surface area contributed by atoms with E-state index in [1.807, 2.05) is 110 Å². The number of amides is 1. The first-order valence-electron chi connectivity index (χ1n) is 11.7. The number of ether oxygens (including phenoxy) is 1. The monoisotopic (exact) mass is 511 g/mol. The number of nitrogens with zero attached hydrogens (tertiary/aromatic N) is 3. The van der Waals surface area contributed by atoms with Gasteiger partial charge in [-0.05, 0) is 61.9 Å². The van der Waals surface area contributed by atoms with Crippen LogP contribution in [0.1, 0.15) is 23.6 Å². The maximum Gasteiger partial charge on any atom is 0.266 e. The second-order valence-electron chi connectivity index (χ2n) is 8.42. The second-order valence-corrected chi connectivity index (χ2v) is 10.1. The van der Waals surface area contributed by atoms with Crippen LogP contribution in [0.3, 0.4) is 0 Å². The SMILES string of the molecule is CCOc1ccc(-c2nn(-c3ccccc3)cc2C=C2SC(=S)N(Cc3ccc(C)cc3)C2=O)cc1. The van der Waals surface area contributed by atoms with E-state index < -0.39 is 0 Å². The third-order valence-corrected chi connectivity index (χ3v) is 7.20. The fourth-order valence-corrected chi connectivity index (χ4v) is 5.21. The summed E-state index contributed by atoms with van der Waals surface area (Å²) in [6, 6.07) is 25.9. The predicted molar refractivity (Wildman–Crippen MR) is 150 cm³/mol. The van der Waals surface area contributed by atoms with Gasteiger partial charge in [0.05, 0.1) is 29.4 Å². The van der Waals surface area contributed by atoms with Crippen LogP contribution in [-0.4, -0.2) is 31.5 Å². The summed E-state index contributed by atoms with van der Waals surface area (Å²) in [5, 5.41) is 4.87. The Hall–Kier alpha value is -3.68. The second kappa shape index (κ2) is 10.5. The zero-order valence-corrected chi connectivity index (χ0v) is 21.7. The molecule has 180 valence electrons. The average molecular weight is 512 g/mol. The van der Waals surface area contributed by atoms with E-state index in [1.165, 1.54) is 17.3 Å². The van der Waals surface area contributed by atoms with Crippen LogP contribution < -0.4 is 4.74 Å². The largest absolute Gasteiger partial charge is 0.494 e. The van der Waals surface area contributed by atoms with Crippen molar-refractivity contribution in [1.29, 1.82) is 0 Å². The van der Waals surface area contributed by atoms with Gasteiger partial charge in [0.25, 0.3) is 5.91 Å². The lowest BCUT2D eigenvalue weighted by Crippen LogP contribution is -2.27. The third kappa shape index (κ3) is 5.12. The number of carbonyl (C=O) groups excluding carboxylic acids is 1. The van der Waals surface area contributed by atoms with Gasteiger partial charge in [-0.25, -0.2) is 4.68 Å². The highest BCUT2D eigenvalue weighted by molar-refractivity contribution is 8.26. The maximum absolute atomic E-state index is 13.3. The van der Waals surface area contributed by atoms with Crippen molar-refractivity contribution in [3.05, 3.63) is 107 Å². The molecule has 36 heavy (non-hydrogen) atoms. The number of rotatable bonds is 7. The number of carbonyl (C=O) groups is 1. The molecule has 0 N–H and O–H groups in total. The Morgan fingerprint density at radius 3 is 2.42 bits per heavy atom. The van der Waals surface area contributed by atoms with Gasteiger partial charge in [-0.3, -0.25) is 9.69 Å². The lowest BCUT2D eigenvalue weighted by Gasteiger charge is -2.14. The number of aromatic nitrogens is 2. The van der Waals surface area contributed by atoms with Crippen LogP contribution >= 0.6 is 24.0 Å². The summed E-state index contributed by atoms with van der Waals surface area (Å²) < 4.78 is 7.99. The van der Waals surface area contributed by atoms with E-state index >= 15 is 0 Å². The van der Waals surface area contributed by atoms with Crippen molar-refractivity contribution in [2.24, 2.45) is 0 Å². The number of benzene rings is 3. The van der Waals surface area contributed by atoms with Gasteiger partial charge in [-0.15, -0.1) is 0 Å². The molecule has 7 heteroatoms. The number of hydrogen-bond donors (Lipinski definition) is 0. The van der Waals surface area contributed by atoms with Gasteiger partial charge in [0, 0.05) is 17.3 Å². The summed E-state index contributed by atoms with van der Waals surface area (Å²) in [5.74, 6) is 0.720. The topological polar surface area (TPSA) is 47.4 Å². The Balaban J connectivity index is 1.50. The van der Waals surface area contributed by atoms with Crippen molar-refractivity contribution in [2.45, 2.75) is 20.4 Å². The Morgan fingerprint density at radius 2 is 1.72 bits per heavy atom. The van der Waals surface area contributed by atoms with Crippen LogP contribution in [0, 0.1) is 6.92 Å². The molecule has 1 aliphatic rings. The van der Waals surface area contributed by atoms with Gasteiger partial charge in [0.1, 0.15) is 10.1 Å². The summed E-state index contributed by atoms with van der Waals surface area (Å²) in [4.78, 5) is 15.6. The Labute approximate surface area is 220 Å². The van der Waals surface area contributed by atoms with Gasteiger partial charge < -0.3 is 4.74 Å². The average Bonchev–Trinajstić information content (AvgIpc) is 3.43. The normalized spacial score (nSPS) is 14.6. The van der Waals surface area contributed by atoms with Gasteiger partial charge in [0.2, 0.25) is 0 Å². The van der Waals surface area contributed by atoms with Gasteiger partial charge in [0.15, 0.2) is 0 Å². The molecule has 5 nitrogen and oxygen atoms in total. The molecule has 0 saturated carbocycles. The molecule has 1 aromatic heterocycles. The fourth-order valence-electron chi connectivity index (χ4n) is 3.96. The van der Waals surface area contributed by atoms with Crippen LogP contribution in [0.4, 0.5) is 0 Å². The highest BCUT2D eigenvalue weighted by Crippen LogP contribution is 2.36. The van der Waals surface area contributed by atoms with Gasteiger partial charge in [-0.2, -0.15) is 5.10 Å². The molecule has 4 aromatic rings. The van der Waals surface area contributed by atoms with Crippen molar-refractivity contribution in [3.63, 3.8) is 0 Å². The van der Waals surface area contributed by atoms with Crippen LogP contribution in [-0.2, 0) is 11.3 Å². The van der Waals surface area contributed by atoms with E-state index in [0.717, 1.165) is 33.8 Å². The molecule has 1 fully saturated rings. The summed E-state index contributed by atoms with van der Waals surface area (Å²) in [5.41, 5.74) is 5.74. The number of thiocarbonyl (C=S) groups is 1. The van der Waals surface area contributed by atoms with Crippen molar-refractivity contribution < 1.29 is 9.53 Å². The minimum atomic E-state index is -0.0873. The standard InChI is InChI=1S/C29H25N3O2S2/c1-3-34-25-15-13-22(14-16-25)27-23(19-32(30-27)24-7-5-4-6-8-24)17-26-28(33)31(29(35)36-26)18-21-11-9-20(2)10-12-21/h4-17,19H,3,18H2,1-2H3. The van der Waals surface area contributed by atoms with Crippen LogP contribution in [0.25, 0.3) is 23.0 Å². The van der Waals surface area contributed by atoms with Crippen LogP contribution in [0.2, 0.25) is 0 Å². The maximum atomic E-state index is 13.3. The van der Waals surface area contributed by atoms with Crippen molar-refractivity contribution in [1.82, 2.24) is 14.7 Å². The summed E-state index contributed by atoms with van der Waals surface area (Å²) in [6.45, 7) is 5.07. The van der Waals surface area contributed by atoms with Crippen LogP contribution in [0.15, 0.2) is 90.0 Å². The molecule has 0 bridgehead atoms. The molecular formula is C29H25N3O2S2. The zero-order valence-electron chi connectivity index (χ0n) is 20.0. The van der Waals surface area contributed by atoms with Crippen molar-refractivity contribution in [2.75, 3.05) is 6.61 Å². The molecule has 3 aromatic carbocycles. The number of thioether (sulfide) groups is 1. The molecule has 1 aliphatic heterocycles. The highest BCUT2D eigenvalue weighted by Gasteiger charge is 2.32. The third-order valence-electron chi connectivity index (χ3n) is 5.82. The minimum Gasteiger partial charge on any atom is -0.494 e. The van der Waals surface area contributed by atoms with E-state index in [1.54, 1.807) is 4.90 Å². The smallest absolute Gasteiger partial charge is 0.266 e. The Bertz CT molecular complexity index is 1430. The van der Waals surface area contributed by atoms with Crippen molar-refractivity contribution in [3.8, 4) is 22.7 Å². The van der Waals surface area contributed by atoms with E-state index in [4.69, 9.17) is 22.1 Å². The summed E-state index contributed by atoms with van der Waals surface area (Å²) in [6.07, 6.45) is 3.85. The first-order chi connectivity index (χ1) is 17.5. The van der Waals surface area contributed by atoms with E-state index in [9.17, 15) is 4.79 Å². The molecule has 1 amide bonds. The molecule has 0 unspecified atom stereocenters. The molecule has 5 rings (SSSR count). The lowest BCUT2D eigenvalue weighted by atomic mass is 10.1.